The van der Waals surface area contributed by atoms with Crippen molar-refractivity contribution in [1.82, 2.24) is 5.32 Å². The minimum Gasteiger partial charge on any atom is -0.486 e. The lowest BCUT2D eigenvalue weighted by Gasteiger charge is -2.19. The second kappa shape index (κ2) is 10.3. The first kappa shape index (κ1) is 21.1. The van der Waals surface area contributed by atoms with Crippen LogP contribution in [0.1, 0.15) is 6.92 Å². The zero-order chi connectivity index (χ0) is 21.3. The van der Waals surface area contributed by atoms with Gasteiger partial charge in [-0.2, -0.15) is 0 Å². The van der Waals surface area contributed by atoms with Crippen LogP contribution in [0.5, 0.6) is 11.5 Å². The van der Waals surface area contributed by atoms with Gasteiger partial charge < -0.3 is 25.0 Å². The fourth-order valence-electron chi connectivity index (χ4n) is 2.95. The number of anilines is 2. The number of imide groups is 1. The van der Waals surface area contributed by atoms with Crippen LogP contribution < -0.4 is 30.3 Å². The van der Waals surface area contributed by atoms with E-state index in [1.54, 1.807) is 42.5 Å². The minimum absolute atomic E-state index is 0.00668. The Balaban J connectivity index is 1.46. The summed E-state index contributed by atoms with van der Waals surface area (Å²) in [5.74, 6) is 0.519. The molecule has 1 atom stereocenters. The van der Waals surface area contributed by atoms with E-state index in [1.165, 1.54) is 0 Å². The van der Waals surface area contributed by atoms with Gasteiger partial charge in [-0.1, -0.05) is 18.2 Å². The molecule has 1 aliphatic rings. The summed E-state index contributed by atoms with van der Waals surface area (Å²) in [7, 11) is 0. The molecule has 1 aliphatic heterocycles. The van der Waals surface area contributed by atoms with Crippen LogP contribution in [-0.4, -0.2) is 50.7 Å². The molecule has 30 heavy (non-hydrogen) atoms. The summed E-state index contributed by atoms with van der Waals surface area (Å²) in [5, 5.41) is 7.66. The smallest absolute Gasteiger partial charge is 0.326 e. The maximum Gasteiger partial charge on any atom is 0.326 e. The number of quaternary nitrogens is 1. The molecule has 9 heteroatoms. The lowest BCUT2D eigenvalue weighted by Crippen LogP contribution is -3.14. The highest BCUT2D eigenvalue weighted by atomic mass is 16.6. The van der Waals surface area contributed by atoms with E-state index in [4.69, 9.17) is 9.47 Å². The molecule has 0 saturated heterocycles. The normalized spacial score (nSPS) is 13.1. The summed E-state index contributed by atoms with van der Waals surface area (Å²) >= 11 is 0. The molecule has 4 amide bonds. The quantitative estimate of drug-likeness (QED) is 0.533. The van der Waals surface area contributed by atoms with Crippen LogP contribution in [0.25, 0.3) is 0 Å². The highest BCUT2D eigenvalue weighted by Crippen LogP contribution is 2.32. The van der Waals surface area contributed by atoms with Crippen molar-refractivity contribution >= 4 is 29.2 Å². The number of carbonyl (C=O) groups excluding carboxylic acids is 3. The molecule has 0 aromatic heterocycles. The number of para-hydroxylation sites is 1. The van der Waals surface area contributed by atoms with Gasteiger partial charge in [0.2, 0.25) is 0 Å². The number of hydrogen-bond donors (Lipinski definition) is 4. The van der Waals surface area contributed by atoms with E-state index in [2.05, 4.69) is 16.0 Å². The standard InChI is InChI=1S/C21H24N4O5/c1-2-25(14-20(27)24-21(28)23-15-6-4-3-5-7-15)13-19(26)22-16-8-9-17-18(12-16)30-11-10-29-17/h3-9,12H,2,10-11,13-14H2,1H3,(H,22,26)(H2,23,24,27,28)/p+1. The summed E-state index contributed by atoms with van der Waals surface area (Å²) < 4.78 is 11.0. The average molecular weight is 413 g/mol. The van der Waals surface area contributed by atoms with Crippen LogP contribution in [0.2, 0.25) is 0 Å². The number of ether oxygens (including phenoxy) is 2. The number of rotatable bonds is 7. The summed E-state index contributed by atoms with van der Waals surface area (Å²) in [6.45, 7) is 3.45. The monoisotopic (exact) mass is 413 g/mol. The zero-order valence-electron chi connectivity index (χ0n) is 16.7. The number of amides is 4. The number of hydrogen-bond acceptors (Lipinski definition) is 5. The summed E-state index contributed by atoms with van der Waals surface area (Å²) in [6, 6.07) is 13.4. The van der Waals surface area contributed by atoms with Crippen molar-refractivity contribution in [3.63, 3.8) is 0 Å². The van der Waals surface area contributed by atoms with E-state index in [0.29, 0.717) is 42.6 Å². The van der Waals surface area contributed by atoms with Gasteiger partial charge in [-0.3, -0.25) is 14.9 Å². The second-order valence-electron chi connectivity index (χ2n) is 6.73. The lowest BCUT2D eigenvalue weighted by atomic mass is 10.2. The fraction of sp³-hybridized carbons (Fsp3) is 0.286. The van der Waals surface area contributed by atoms with Crippen LogP contribution in [0.4, 0.5) is 16.2 Å². The number of nitrogens with one attached hydrogen (secondary N) is 4. The number of urea groups is 1. The topological polar surface area (TPSA) is 110 Å². The Morgan fingerprint density at radius 3 is 2.30 bits per heavy atom. The molecule has 0 saturated carbocycles. The Kier molecular flexibility index (Phi) is 7.23. The van der Waals surface area contributed by atoms with Crippen molar-refractivity contribution in [1.29, 1.82) is 0 Å². The Hall–Kier alpha value is -3.59. The molecule has 0 bridgehead atoms. The van der Waals surface area contributed by atoms with E-state index in [0.717, 1.165) is 4.90 Å². The Morgan fingerprint density at radius 1 is 0.867 bits per heavy atom. The Morgan fingerprint density at radius 2 is 1.57 bits per heavy atom. The molecule has 0 radical (unpaired) electrons. The van der Waals surface area contributed by atoms with Crippen molar-refractivity contribution in [2.75, 3.05) is 43.5 Å². The van der Waals surface area contributed by atoms with Crippen LogP contribution in [-0.2, 0) is 9.59 Å². The first-order valence-electron chi connectivity index (χ1n) is 9.72. The molecule has 9 nitrogen and oxygen atoms in total. The van der Waals surface area contributed by atoms with Crippen LogP contribution in [0.15, 0.2) is 48.5 Å². The number of fused-ring (bicyclic) bond motifs is 1. The van der Waals surface area contributed by atoms with E-state index in [9.17, 15) is 14.4 Å². The highest BCUT2D eigenvalue weighted by Gasteiger charge is 2.19. The maximum absolute atomic E-state index is 12.4. The molecule has 2 aromatic carbocycles. The van der Waals surface area contributed by atoms with Gasteiger partial charge in [-0.05, 0) is 31.2 Å². The number of carbonyl (C=O) groups is 3. The van der Waals surface area contributed by atoms with E-state index in [1.807, 2.05) is 13.0 Å². The van der Waals surface area contributed by atoms with Gasteiger partial charge in [0.1, 0.15) is 13.2 Å². The van der Waals surface area contributed by atoms with Gasteiger partial charge in [0, 0.05) is 17.4 Å². The van der Waals surface area contributed by atoms with Crippen LogP contribution in [0.3, 0.4) is 0 Å². The first-order valence-corrected chi connectivity index (χ1v) is 9.72. The number of likely N-dealkylation sites (N-methyl/N-ethyl adjacent to an activating group) is 1. The van der Waals surface area contributed by atoms with Crippen molar-refractivity contribution in [3.05, 3.63) is 48.5 Å². The maximum atomic E-state index is 12.4. The molecular weight excluding hydrogens is 388 g/mol. The predicted molar refractivity (Wildman–Crippen MR) is 111 cm³/mol. The summed E-state index contributed by atoms with van der Waals surface area (Å²) in [5.41, 5.74) is 1.17. The predicted octanol–water partition coefficient (Wildman–Crippen LogP) is 0.649. The van der Waals surface area contributed by atoms with E-state index < -0.39 is 11.9 Å². The SMILES string of the molecule is CC[NH+](CC(=O)NC(=O)Nc1ccccc1)CC(=O)Nc1ccc2c(c1)OCCO2. The summed E-state index contributed by atoms with van der Waals surface area (Å²) in [6.07, 6.45) is 0. The molecule has 0 spiro atoms. The number of benzene rings is 2. The third kappa shape index (κ3) is 6.21. The first-order chi connectivity index (χ1) is 14.5. The molecule has 1 unspecified atom stereocenters. The van der Waals surface area contributed by atoms with E-state index >= 15 is 0 Å². The average Bonchev–Trinajstić information content (AvgIpc) is 2.73. The van der Waals surface area contributed by atoms with Crippen molar-refractivity contribution in [3.8, 4) is 11.5 Å². The lowest BCUT2D eigenvalue weighted by molar-refractivity contribution is -0.881. The third-order valence-corrected chi connectivity index (χ3v) is 4.43. The van der Waals surface area contributed by atoms with Crippen molar-refractivity contribution in [2.24, 2.45) is 0 Å². The van der Waals surface area contributed by atoms with Crippen molar-refractivity contribution in [2.45, 2.75) is 6.92 Å². The third-order valence-electron chi connectivity index (χ3n) is 4.43. The molecule has 0 aliphatic carbocycles. The molecule has 2 aromatic rings. The fourth-order valence-corrected chi connectivity index (χ4v) is 2.95. The van der Waals surface area contributed by atoms with Crippen molar-refractivity contribution < 1.29 is 28.8 Å². The highest BCUT2D eigenvalue weighted by molar-refractivity contribution is 6.01. The van der Waals surface area contributed by atoms with Crippen LogP contribution in [0, 0.1) is 0 Å². The summed E-state index contributed by atoms with van der Waals surface area (Å²) in [4.78, 5) is 37.2. The zero-order valence-corrected chi connectivity index (χ0v) is 16.7. The van der Waals surface area contributed by atoms with Gasteiger partial charge in [0.05, 0.1) is 6.54 Å². The van der Waals surface area contributed by atoms with E-state index in [-0.39, 0.29) is 19.0 Å². The van der Waals surface area contributed by atoms with Gasteiger partial charge in [0.25, 0.3) is 11.8 Å². The second-order valence-corrected chi connectivity index (χ2v) is 6.73. The molecule has 3 rings (SSSR count). The van der Waals surface area contributed by atoms with Gasteiger partial charge in [0.15, 0.2) is 24.6 Å². The molecule has 1 heterocycles. The van der Waals surface area contributed by atoms with Crippen LogP contribution >= 0.6 is 0 Å². The largest absolute Gasteiger partial charge is 0.486 e. The Bertz CT molecular complexity index is 904. The molecular formula is C21H25N4O5+. The minimum atomic E-state index is -0.609. The van der Waals surface area contributed by atoms with Gasteiger partial charge in [-0.25, -0.2) is 4.79 Å². The molecule has 158 valence electrons. The molecule has 4 N–H and O–H groups in total. The van der Waals surface area contributed by atoms with Gasteiger partial charge >= 0.3 is 6.03 Å². The van der Waals surface area contributed by atoms with Gasteiger partial charge in [-0.15, -0.1) is 0 Å². The Labute approximate surface area is 174 Å². The molecule has 0 fully saturated rings.